The van der Waals surface area contributed by atoms with Crippen molar-refractivity contribution < 1.29 is 9.90 Å². The fourth-order valence-electron chi connectivity index (χ4n) is 1.95. The molecule has 4 heteroatoms. The maximum atomic E-state index is 11.2. The highest BCUT2D eigenvalue weighted by atomic mass is 32.1. The van der Waals surface area contributed by atoms with Gasteiger partial charge in [-0.25, -0.2) is 9.78 Å². The maximum absolute atomic E-state index is 11.2. The molecule has 1 aromatic heterocycles. The summed E-state index contributed by atoms with van der Waals surface area (Å²) < 4.78 is 1.10. The van der Waals surface area contributed by atoms with Crippen molar-refractivity contribution in [2.24, 2.45) is 0 Å². The van der Waals surface area contributed by atoms with E-state index >= 15 is 0 Å². The smallest absolute Gasteiger partial charge is 0.336 e. The van der Waals surface area contributed by atoms with Crippen LogP contribution in [0, 0.1) is 0 Å². The first-order valence-electron chi connectivity index (χ1n) is 5.41. The van der Waals surface area contributed by atoms with E-state index in [1.807, 2.05) is 30.3 Å². The number of rotatable bonds is 2. The quantitative estimate of drug-likeness (QED) is 0.760. The van der Waals surface area contributed by atoms with Crippen LogP contribution in [0.1, 0.15) is 10.4 Å². The first-order chi connectivity index (χ1) is 8.75. The van der Waals surface area contributed by atoms with Gasteiger partial charge in [0.15, 0.2) is 0 Å². The molecule has 3 nitrogen and oxygen atoms in total. The SMILES string of the molecule is O=C(O)c1ccccc1-c1ccc2scnc2c1. The van der Waals surface area contributed by atoms with Crippen LogP contribution in [0.2, 0.25) is 0 Å². The van der Waals surface area contributed by atoms with Gasteiger partial charge < -0.3 is 5.11 Å². The average molecular weight is 255 g/mol. The van der Waals surface area contributed by atoms with Crippen LogP contribution in [0.25, 0.3) is 21.3 Å². The van der Waals surface area contributed by atoms with E-state index in [4.69, 9.17) is 0 Å². The lowest BCUT2D eigenvalue weighted by molar-refractivity contribution is 0.0697. The van der Waals surface area contributed by atoms with Gasteiger partial charge in [0.05, 0.1) is 21.3 Å². The van der Waals surface area contributed by atoms with Crippen LogP contribution in [0.3, 0.4) is 0 Å². The number of aromatic carboxylic acids is 1. The monoisotopic (exact) mass is 255 g/mol. The number of thiazole rings is 1. The van der Waals surface area contributed by atoms with Crippen molar-refractivity contribution in [1.29, 1.82) is 0 Å². The minimum absolute atomic E-state index is 0.312. The summed E-state index contributed by atoms with van der Waals surface area (Å²) in [7, 11) is 0. The van der Waals surface area contributed by atoms with Crippen molar-refractivity contribution in [3.63, 3.8) is 0 Å². The second kappa shape index (κ2) is 4.23. The van der Waals surface area contributed by atoms with Crippen molar-refractivity contribution in [3.8, 4) is 11.1 Å². The summed E-state index contributed by atoms with van der Waals surface area (Å²) in [5, 5.41) is 9.19. The molecule has 0 aliphatic heterocycles. The van der Waals surface area contributed by atoms with E-state index in [2.05, 4.69) is 4.98 Å². The largest absolute Gasteiger partial charge is 0.478 e. The highest BCUT2D eigenvalue weighted by molar-refractivity contribution is 7.16. The van der Waals surface area contributed by atoms with E-state index in [-0.39, 0.29) is 0 Å². The highest BCUT2D eigenvalue weighted by Gasteiger charge is 2.11. The molecule has 0 spiro atoms. The van der Waals surface area contributed by atoms with Gasteiger partial charge in [-0.3, -0.25) is 0 Å². The zero-order valence-electron chi connectivity index (χ0n) is 9.33. The summed E-state index contributed by atoms with van der Waals surface area (Å²) in [6.07, 6.45) is 0. The predicted molar refractivity (Wildman–Crippen MR) is 72.0 cm³/mol. The van der Waals surface area contributed by atoms with Gasteiger partial charge in [0.25, 0.3) is 0 Å². The molecule has 0 saturated carbocycles. The molecule has 1 N–H and O–H groups in total. The van der Waals surface area contributed by atoms with Gasteiger partial charge in [-0.15, -0.1) is 11.3 Å². The normalized spacial score (nSPS) is 10.7. The number of fused-ring (bicyclic) bond motifs is 1. The molecule has 0 aliphatic carbocycles. The molecule has 0 aliphatic rings. The number of carboxylic acids is 1. The summed E-state index contributed by atoms with van der Waals surface area (Å²) in [5.41, 5.74) is 4.61. The van der Waals surface area contributed by atoms with E-state index in [1.165, 1.54) is 0 Å². The van der Waals surface area contributed by atoms with Gasteiger partial charge in [0.1, 0.15) is 0 Å². The van der Waals surface area contributed by atoms with Crippen molar-refractivity contribution in [2.45, 2.75) is 0 Å². The third-order valence-corrected chi connectivity index (χ3v) is 3.61. The lowest BCUT2D eigenvalue weighted by atomic mass is 9.99. The number of carbonyl (C=O) groups is 1. The summed E-state index contributed by atoms with van der Waals surface area (Å²) in [6.45, 7) is 0. The van der Waals surface area contributed by atoms with E-state index in [1.54, 1.807) is 29.0 Å². The molecule has 88 valence electrons. The number of nitrogens with zero attached hydrogens (tertiary/aromatic N) is 1. The molecule has 18 heavy (non-hydrogen) atoms. The number of aromatic nitrogens is 1. The second-order valence-electron chi connectivity index (χ2n) is 3.89. The van der Waals surface area contributed by atoms with Gasteiger partial charge in [-0.2, -0.15) is 0 Å². The molecule has 0 bridgehead atoms. The molecule has 2 aromatic carbocycles. The molecule has 3 aromatic rings. The Morgan fingerprint density at radius 3 is 2.83 bits per heavy atom. The van der Waals surface area contributed by atoms with Gasteiger partial charge in [0, 0.05) is 0 Å². The van der Waals surface area contributed by atoms with Gasteiger partial charge >= 0.3 is 5.97 Å². The fraction of sp³-hybridized carbons (Fsp3) is 0. The van der Waals surface area contributed by atoms with E-state index in [9.17, 15) is 9.90 Å². The van der Waals surface area contributed by atoms with Crippen molar-refractivity contribution >= 4 is 27.5 Å². The Bertz CT molecular complexity index is 733. The Hall–Kier alpha value is -2.20. The lowest BCUT2D eigenvalue weighted by Gasteiger charge is -2.05. The average Bonchev–Trinajstić information content (AvgIpc) is 2.85. The molecule has 0 atom stereocenters. The van der Waals surface area contributed by atoms with Crippen LogP contribution in [0.4, 0.5) is 0 Å². The zero-order valence-corrected chi connectivity index (χ0v) is 10.1. The molecule has 0 unspecified atom stereocenters. The van der Waals surface area contributed by atoms with Crippen molar-refractivity contribution in [3.05, 3.63) is 53.5 Å². The number of carboxylic acid groups (broad SMARTS) is 1. The van der Waals surface area contributed by atoms with Gasteiger partial charge in [-0.05, 0) is 29.3 Å². The van der Waals surface area contributed by atoms with Crippen molar-refractivity contribution in [2.75, 3.05) is 0 Å². The van der Waals surface area contributed by atoms with Gasteiger partial charge in [0.2, 0.25) is 0 Å². The van der Waals surface area contributed by atoms with E-state index in [0.29, 0.717) is 5.56 Å². The first-order valence-corrected chi connectivity index (χ1v) is 6.29. The molecule has 0 amide bonds. The molecule has 0 saturated heterocycles. The molecule has 0 fully saturated rings. The third-order valence-electron chi connectivity index (χ3n) is 2.80. The Labute approximate surface area is 107 Å². The third kappa shape index (κ3) is 1.76. The lowest BCUT2D eigenvalue weighted by Crippen LogP contribution is -1.98. The summed E-state index contributed by atoms with van der Waals surface area (Å²) >= 11 is 1.57. The number of hydrogen-bond donors (Lipinski definition) is 1. The summed E-state index contributed by atoms with van der Waals surface area (Å²) in [4.78, 5) is 15.4. The molecule has 1 heterocycles. The predicted octanol–water partition coefficient (Wildman–Crippen LogP) is 3.66. The maximum Gasteiger partial charge on any atom is 0.336 e. The fourth-order valence-corrected chi connectivity index (χ4v) is 2.61. The van der Waals surface area contributed by atoms with Crippen LogP contribution in [-0.2, 0) is 0 Å². The Morgan fingerprint density at radius 1 is 1.17 bits per heavy atom. The highest BCUT2D eigenvalue weighted by Crippen LogP contribution is 2.28. The van der Waals surface area contributed by atoms with Crippen LogP contribution in [0.15, 0.2) is 48.0 Å². The van der Waals surface area contributed by atoms with Crippen LogP contribution in [0.5, 0.6) is 0 Å². The van der Waals surface area contributed by atoms with Crippen molar-refractivity contribution in [1.82, 2.24) is 4.98 Å². The Morgan fingerprint density at radius 2 is 2.00 bits per heavy atom. The zero-order chi connectivity index (χ0) is 12.5. The standard InChI is InChI=1S/C14H9NO2S/c16-14(17)11-4-2-1-3-10(11)9-5-6-13-12(7-9)15-8-18-13/h1-8H,(H,16,17). The summed E-state index contributed by atoms with van der Waals surface area (Å²) in [5.74, 6) is -0.913. The molecular formula is C14H9NO2S. The molecular weight excluding hydrogens is 246 g/mol. The van der Waals surface area contributed by atoms with Crippen LogP contribution >= 0.6 is 11.3 Å². The van der Waals surface area contributed by atoms with Gasteiger partial charge in [-0.1, -0.05) is 24.3 Å². The van der Waals surface area contributed by atoms with E-state index in [0.717, 1.165) is 21.3 Å². The molecule has 3 rings (SSSR count). The topological polar surface area (TPSA) is 50.2 Å². The summed E-state index contributed by atoms with van der Waals surface area (Å²) in [6, 6.07) is 12.8. The number of benzene rings is 2. The molecule has 0 radical (unpaired) electrons. The minimum Gasteiger partial charge on any atom is -0.478 e. The van der Waals surface area contributed by atoms with Crippen LogP contribution in [-0.4, -0.2) is 16.1 Å². The minimum atomic E-state index is -0.913. The Kier molecular flexibility index (Phi) is 2.57. The second-order valence-corrected chi connectivity index (χ2v) is 4.77. The Balaban J connectivity index is 2.22. The number of hydrogen-bond acceptors (Lipinski definition) is 3. The van der Waals surface area contributed by atoms with E-state index < -0.39 is 5.97 Å². The first kappa shape index (κ1) is 10.9. The van der Waals surface area contributed by atoms with Crippen LogP contribution < -0.4 is 0 Å².